The van der Waals surface area contributed by atoms with Crippen molar-refractivity contribution in [3.8, 4) is 0 Å². The first-order valence-corrected chi connectivity index (χ1v) is 8.52. The van der Waals surface area contributed by atoms with Gasteiger partial charge in [0.2, 0.25) is 0 Å². The second-order valence-corrected chi connectivity index (χ2v) is 6.75. The third-order valence-corrected chi connectivity index (χ3v) is 5.00. The van der Waals surface area contributed by atoms with Crippen LogP contribution in [0.4, 0.5) is 0 Å². The van der Waals surface area contributed by atoms with Crippen molar-refractivity contribution in [3.05, 3.63) is 29.1 Å². The molecule has 2 nitrogen and oxygen atoms in total. The quantitative estimate of drug-likeness (QED) is 0.881. The van der Waals surface area contributed by atoms with Gasteiger partial charge in [-0.25, -0.2) is 0 Å². The van der Waals surface area contributed by atoms with E-state index in [0.29, 0.717) is 0 Å². The van der Waals surface area contributed by atoms with Gasteiger partial charge in [-0.3, -0.25) is 4.98 Å². The van der Waals surface area contributed by atoms with Crippen LogP contribution in [0, 0.1) is 6.92 Å². The van der Waals surface area contributed by atoms with Gasteiger partial charge in [-0.05, 0) is 63.0 Å². The normalized spacial score (nSPS) is 24.8. The Morgan fingerprint density at radius 2 is 1.70 bits per heavy atom. The zero-order valence-electron chi connectivity index (χ0n) is 12.8. The van der Waals surface area contributed by atoms with E-state index < -0.39 is 0 Å². The highest BCUT2D eigenvalue weighted by molar-refractivity contribution is 5.25. The number of aryl methyl sites for hydroxylation is 3. The molecule has 1 aromatic heterocycles. The number of rotatable bonds is 2. The van der Waals surface area contributed by atoms with E-state index in [0.717, 1.165) is 12.1 Å². The number of hydrogen-bond donors (Lipinski definition) is 1. The van der Waals surface area contributed by atoms with Gasteiger partial charge >= 0.3 is 0 Å². The Hall–Kier alpha value is -0.890. The summed E-state index contributed by atoms with van der Waals surface area (Å²) in [7, 11) is 0. The van der Waals surface area contributed by atoms with Gasteiger partial charge in [0, 0.05) is 24.0 Å². The number of hydrogen-bond acceptors (Lipinski definition) is 2. The molecule has 1 aromatic rings. The number of nitrogens with zero attached hydrogens (tertiary/aromatic N) is 1. The summed E-state index contributed by atoms with van der Waals surface area (Å²) in [5, 5.41) is 3.95. The standard InChI is InChI=1S/C18H28N2/c1-14-12-15-10-11-17(8-5-9-18(15)19-13-14)20-16-6-3-2-4-7-16/h12-13,16-17,20H,2-11H2,1H3. The molecular formula is C18H28N2. The monoisotopic (exact) mass is 272 g/mol. The minimum atomic E-state index is 0.728. The summed E-state index contributed by atoms with van der Waals surface area (Å²) in [6, 6.07) is 3.88. The average Bonchev–Trinajstić information content (AvgIpc) is 2.45. The van der Waals surface area contributed by atoms with Gasteiger partial charge in [0.25, 0.3) is 0 Å². The molecule has 110 valence electrons. The van der Waals surface area contributed by atoms with Crippen LogP contribution < -0.4 is 5.32 Å². The smallest absolute Gasteiger partial charge is 0.0435 e. The van der Waals surface area contributed by atoms with Crippen molar-refractivity contribution in [2.24, 2.45) is 0 Å². The van der Waals surface area contributed by atoms with Crippen molar-refractivity contribution < 1.29 is 0 Å². The van der Waals surface area contributed by atoms with Crippen molar-refractivity contribution in [2.75, 3.05) is 0 Å². The van der Waals surface area contributed by atoms with E-state index in [-0.39, 0.29) is 0 Å². The van der Waals surface area contributed by atoms with Crippen LogP contribution in [0.15, 0.2) is 12.3 Å². The van der Waals surface area contributed by atoms with E-state index in [9.17, 15) is 0 Å². The van der Waals surface area contributed by atoms with Gasteiger partial charge in [-0.2, -0.15) is 0 Å². The molecule has 0 bridgehead atoms. The highest BCUT2D eigenvalue weighted by Gasteiger charge is 2.20. The van der Waals surface area contributed by atoms with E-state index in [1.807, 2.05) is 6.20 Å². The van der Waals surface area contributed by atoms with Crippen molar-refractivity contribution in [1.29, 1.82) is 0 Å². The summed E-state index contributed by atoms with van der Waals surface area (Å²) >= 11 is 0. The Bertz CT molecular complexity index is 435. The van der Waals surface area contributed by atoms with Crippen LogP contribution in [0.3, 0.4) is 0 Å². The summed E-state index contributed by atoms with van der Waals surface area (Å²) in [6.45, 7) is 2.16. The zero-order chi connectivity index (χ0) is 13.8. The molecule has 1 fully saturated rings. The molecule has 1 unspecified atom stereocenters. The fraction of sp³-hybridized carbons (Fsp3) is 0.722. The molecule has 2 aliphatic rings. The first kappa shape index (κ1) is 14.1. The van der Waals surface area contributed by atoms with Crippen LogP contribution in [-0.2, 0) is 12.8 Å². The Labute approximate surface area is 123 Å². The Morgan fingerprint density at radius 3 is 2.55 bits per heavy atom. The largest absolute Gasteiger partial charge is 0.311 e. The van der Waals surface area contributed by atoms with Gasteiger partial charge in [0.05, 0.1) is 0 Å². The minimum Gasteiger partial charge on any atom is -0.311 e. The lowest BCUT2D eigenvalue weighted by Crippen LogP contribution is -2.40. The van der Waals surface area contributed by atoms with Gasteiger partial charge in [0.1, 0.15) is 0 Å². The highest BCUT2D eigenvalue weighted by Crippen LogP contribution is 2.23. The van der Waals surface area contributed by atoms with Crippen LogP contribution in [0.1, 0.15) is 68.2 Å². The lowest BCUT2D eigenvalue weighted by molar-refractivity contribution is 0.313. The Kier molecular flexibility index (Phi) is 4.72. The molecule has 1 saturated carbocycles. The van der Waals surface area contributed by atoms with Crippen molar-refractivity contribution in [1.82, 2.24) is 10.3 Å². The maximum atomic E-state index is 4.64. The Balaban J connectivity index is 1.60. The van der Waals surface area contributed by atoms with Gasteiger partial charge in [-0.15, -0.1) is 0 Å². The summed E-state index contributed by atoms with van der Waals surface area (Å²) < 4.78 is 0. The lowest BCUT2D eigenvalue weighted by atomic mass is 9.90. The summed E-state index contributed by atoms with van der Waals surface area (Å²) in [6.07, 6.45) is 15.4. The Morgan fingerprint density at radius 1 is 0.950 bits per heavy atom. The molecule has 20 heavy (non-hydrogen) atoms. The van der Waals surface area contributed by atoms with Crippen molar-refractivity contribution >= 4 is 0 Å². The maximum absolute atomic E-state index is 4.64. The van der Waals surface area contributed by atoms with E-state index in [1.54, 1.807) is 0 Å². The second kappa shape index (κ2) is 6.71. The van der Waals surface area contributed by atoms with Crippen LogP contribution >= 0.6 is 0 Å². The molecule has 0 radical (unpaired) electrons. The maximum Gasteiger partial charge on any atom is 0.0435 e. The molecule has 0 aliphatic heterocycles. The first-order chi connectivity index (χ1) is 9.81. The third-order valence-electron chi connectivity index (χ3n) is 5.00. The third kappa shape index (κ3) is 3.60. The van der Waals surface area contributed by atoms with Gasteiger partial charge < -0.3 is 5.32 Å². The molecule has 0 saturated heterocycles. The lowest BCUT2D eigenvalue weighted by Gasteiger charge is -2.30. The molecular weight excluding hydrogens is 244 g/mol. The fourth-order valence-electron chi connectivity index (χ4n) is 3.86. The fourth-order valence-corrected chi connectivity index (χ4v) is 3.86. The molecule has 0 spiro atoms. The molecule has 1 N–H and O–H groups in total. The SMILES string of the molecule is Cc1cnc2c(c1)CCC(NC1CCCCC1)CCC2. The minimum absolute atomic E-state index is 0.728. The van der Waals surface area contributed by atoms with E-state index >= 15 is 0 Å². The summed E-state index contributed by atoms with van der Waals surface area (Å²) in [5.41, 5.74) is 4.16. The van der Waals surface area contributed by atoms with E-state index in [2.05, 4.69) is 23.3 Å². The average molecular weight is 272 g/mol. The van der Waals surface area contributed by atoms with Crippen LogP contribution in [0.25, 0.3) is 0 Å². The van der Waals surface area contributed by atoms with E-state index in [4.69, 9.17) is 0 Å². The number of nitrogens with one attached hydrogen (secondary N) is 1. The highest BCUT2D eigenvalue weighted by atomic mass is 14.9. The number of fused-ring (bicyclic) bond motifs is 1. The molecule has 2 heteroatoms. The zero-order valence-corrected chi connectivity index (χ0v) is 12.8. The summed E-state index contributed by atoms with van der Waals surface area (Å²) in [4.78, 5) is 4.64. The number of aromatic nitrogens is 1. The van der Waals surface area contributed by atoms with Gasteiger partial charge in [0.15, 0.2) is 0 Å². The van der Waals surface area contributed by atoms with Crippen LogP contribution in [0.2, 0.25) is 0 Å². The molecule has 3 rings (SSSR count). The molecule has 0 aromatic carbocycles. The molecule has 2 aliphatic carbocycles. The number of pyridine rings is 1. The predicted octanol–water partition coefficient (Wildman–Crippen LogP) is 3.95. The second-order valence-electron chi connectivity index (χ2n) is 6.75. The van der Waals surface area contributed by atoms with Gasteiger partial charge in [-0.1, -0.05) is 25.3 Å². The predicted molar refractivity (Wildman–Crippen MR) is 84.0 cm³/mol. The van der Waals surface area contributed by atoms with Crippen LogP contribution in [-0.4, -0.2) is 17.1 Å². The molecule has 1 atom stereocenters. The first-order valence-electron chi connectivity index (χ1n) is 8.52. The van der Waals surface area contributed by atoms with Crippen molar-refractivity contribution in [3.63, 3.8) is 0 Å². The molecule has 0 amide bonds. The topological polar surface area (TPSA) is 24.9 Å². The van der Waals surface area contributed by atoms with Crippen LogP contribution in [0.5, 0.6) is 0 Å². The summed E-state index contributed by atoms with van der Waals surface area (Å²) in [5.74, 6) is 0. The molecule has 1 heterocycles. The van der Waals surface area contributed by atoms with Crippen molar-refractivity contribution in [2.45, 2.75) is 83.2 Å². The van der Waals surface area contributed by atoms with E-state index in [1.165, 1.54) is 81.0 Å².